The lowest BCUT2D eigenvalue weighted by molar-refractivity contribution is 0.0690. The van der Waals surface area contributed by atoms with Gasteiger partial charge < -0.3 is 29.5 Å². The third-order valence-corrected chi connectivity index (χ3v) is 9.00. The Morgan fingerprint density at radius 1 is 1.30 bits per heavy atom. The van der Waals surface area contributed by atoms with Crippen LogP contribution in [0, 0.1) is 5.92 Å². The average Bonchev–Trinajstić information content (AvgIpc) is 3.25. The number of nitrogens with zero attached hydrogens (tertiary/aromatic N) is 4. The number of nitrogens with one attached hydrogen (secondary N) is 1. The third-order valence-electron chi connectivity index (χ3n) is 7.29. The number of rotatable bonds is 10. The lowest BCUT2D eigenvalue weighted by Crippen LogP contribution is -2.50. The van der Waals surface area contributed by atoms with Crippen molar-refractivity contribution < 1.29 is 28.2 Å². The molecule has 1 aliphatic heterocycles. The van der Waals surface area contributed by atoms with Gasteiger partial charge in [-0.15, -0.1) is 0 Å². The van der Waals surface area contributed by atoms with Gasteiger partial charge in [-0.2, -0.15) is 0 Å². The first-order valence-electron chi connectivity index (χ1n) is 12.9. The number of carboxylic acid groups (broad SMARTS) is 1. The summed E-state index contributed by atoms with van der Waals surface area (Å²) in [6.45, 7) is 7.78. The molecule has 0 unspecified atom stereocenters. The van der Waals surface area contributed by atoms with E-state index in [1.165, 1.54) is 0 Å². The van der Waals surface area contributed by atoms with E-state index in [2.05, 4.69) is 34.8 Å². The van der Waals surface area contributed by atoms with Crippen molar-refractivity contribution in [3.8, 4) is 0 Å². The lowest BCUT2D eigenvalue weighted by Gasteiger charge is -2.41. The molecule has 0 saturated heterocycles. The van der Waals surface area contributed by atoms with E-state index < -0.39 is 27.1 Å². The first-order valence-corrected chi connectivity index (χ1v) is 16.6. The van der Waals surface area contributed by atoms with Gasteiger partial charge in [0.15, 0.2) is 0 Å². The van der Waals surface area contributed by atoms with Crippen molar-refractivity contribution in [2.24, 2.45) is 5.92 Å². The summed E-state index contributed by atoms with van der Waals surface area (Å²) in [4.78, 5) is 31.7. The topological polar surface area (TPSA) is 99.9 Å². The van der Waals surface area contributed by atoms with Gasteiger partial charge in [0.2, 0.25) is 0 Å². The lowest BCUT2D eigenvalue weighted by atomic mass is 9.84. The molecule has 0 radical (unpaired) electrons. The van der Waals surface area contributed by atoms with Gasteiger partial charge in [0.25, 0.3) is 12.3 Å². The Balaban J connectivity index is 1.47. The summed E-state index contributed by atoms with van der Waals surface area (Å²) in [5.41, 5.74) is 2.17. The molecule has 0 spiro atoms. The molecule has 9 nitrogen and oxygen atoms in total. The average molecular weight is 538 g/mol. The summed E-state index contributed by atoms with van der Waals surface area (Å²) < 4.78 is 33.5. The van der Waals surface area contributed by atoms with Crippen LogP contribution >= 0.6 is 0 Å². The number of halogens is 2. The second kappa shape index (κ2) is 11.3. The molecule has 3 heterocycles. The molecule has 2 aromatic heterocycles. The highest BCUT2D eigenvalue weighted by Gasteiger charge is 2.34. The number of pyridine rings is 1. The summed E-state index contributed by atoms with van der Waals surface area (Å²) in [7, 11) is -1.18. The second-order valence-corrected chi connectivity index (χ2v) is 16.9. The van der Waals surface area contributed by atoms with Crippen molar-refractivity contribution >= 4 is 36.8 Å². The van der Waals surface area contributed by atoms with Gasteiger partial charge >= 0.3 is 6.09 Å². The number of anilines is 1. The van der Waals surface area contributed by atoms with Crippen molar-refractivity contribution in [3.05, 3.63) is 24.0 Å². The van der Waals surface area contributed by atoms with E-state index in [-0.39, 0.29) is 24.4 Å². The fourth-order valence-corrected chi connectivity index (χ4v) is 5.99. The van der Waals surface area contributed by atoms with Crippen LogP contribution in [-0.2, 0) is 11.5 Å². The molecule has 2 N–H and O–H groups in total. The number of alkyl halides is 2. The summed E-state index contributed by atoms with van der Waals surface area (Å²) in [5, 5.41) is 13.1. The van der Waals surface area contributed by atoms with Crippen LogP contribution in [0.1, 0.15) is 36.0 Å². The van der Waals surface area contributed by atoms with Crippen LogP contribution in [0.4, 0.5) is 19.3 Å². The van der Waals surface area contributed by atoms with E-state index >= 15 is 0 Å². The summed E-state index contributed by atoms with van der Waals surface area (Å²) in [5.74, 6) is -0.116. The summed E-state index contributed by atoms with van der Waals surface area (Å²) >= 11 is 0. The fourth-order valence-electron chi connectivity index (χ4n) is 5.24. The van der Waals surface area contributed by atoms with E-state index in [0.717, 1.165) is 53.3 Å². The molecule has 2 aliphatic rings. The van der Waals surface area contributed by atoms with Crippen LogP contribution in [0.2, 0.25) is 25.7 Å². The Morgan fingerprint density at radius 2 is 2.03 bits per heavy atom. The van der Waals surface area contributed by atoms with Crippen LogP contribution < -0.4 is 10.2 Å². The highest BCUT2D eigenvalue weighted by Crippen LogP contribution is 2.38. The maximum atomic E-state index is 12.8. The molecular weight excluding hydrogens is 500 g/mol. The van der Waals surface area contributed by atoms with Crippen LogP contribution in [0.5, 0.6) is 0 Å². The first-order chi connectivity index (χ1) is 17.5. The minimum Gasteiger partial charge on any atom is -0.465 e. The quantitative estimate of drug-likeness (QED) is 0.338. The maximum Gasteiger partial charge on any atom is 0.407 e. The van der Waals surface area contributed by atoms with Crippen molar-refractivity contribution in [3.63, 3.8) is 0 Å². The minimum atomic E-state index is -2.69. The van der Waals surface area contributed by atoms with Gasteiger partial charge in [-0.3, -0.25) is 4.79 Å². The van der Waals surface area contributed by atoms with Crippen molar-refractivity contribution in [1.82, 2.24) is 19.8 Å². The number of ether oxygens (including phenoxy) is 1. The molecule has 4 rings (SSSR count). The highest BCUT2D eigenvalue weighted by molar-refractivity contribution is 6.76. The number of carbonyl (C=O) groups is 2. The summed E-state index contributed by atoms with van der Waals surface area (Å²) in [6, 6.07) is 3.21. The Hall–Kier alpha value is -2.73. The predicted molar refractivity (Wildman–Crippen MR) is 140 cm³/mol. The molecule has 0 atom stereocenters. The standard InChI is InChI=1S/C25H37F2N5O4Si/c1-37(2,3)11-10-36-16-30-9-8-19-22-20(12-28-23(19)30)24(33)29-15-32(22)18-6-4-17(5-7-18)13-31(25(34)35)14-21(26)27/h8-9,12,17-18,21H,4-7,10-11,13-16H2,1-3H3,(H,29,33)(H,34,35). The smallest absolute Gasteiger partial charge is 0.407 e. The maximum absolute atomic E-state index is 12.8. The zero-order chi connectivity index (χ0) is 26.7. The molecule has 204 valence electrons. The monoisotopic (exact) mass is 537 g/mol. The Labute approximate surface area is 216 Å². The zero-order valence-corrected chi connectivity index (χ0v) is 22.8. The van der Waals surface area contributed by atoms with Crippen LogP contribution in [0.25, 0.3) is 11.0 Å². The van der Waals surface area contributed by atoms with Gasteiger partial charge in [0.05, 0.1) is 24.5 Å². The van der Waals surface area contributed by atoms with Gasteiger partial charge in [-0.25, -0.2) is 18.6 Å². The molecule has 0 bridgehead atoms. The number of amides is 2. The number of aromatic nitrogens is 2. The van der Waals surface area contributed by atoms with Crippen molar-refractivity contribution in [1.29, 1.82) is 0 Å². The van der Waals surface area contributed by atoms with E-state index in [0.29, 0.717) is 25.6 Å². The Morgan fingerprint density at radius 3 is 2.68 bits per heavy atom. The van der Waals surface area contributed by atoms with Crippen LogP contribution in [-0.4, -0.2) is 78.5 Å². The van der Waals surface area contributed by atoms with E-state index in [9.17, 15) is 23.5 Å². The SMILES string of the molecule is C[Si](C)(C)CCOCn1ccc2c3c(cnc21)C(=O)NCN3C1CCC(CN(CC(F)F)C(=O)O)CC1. The van der Waals surface area contributed by atoms with E-state index in [4.69, 9.17) is 4.74 Å². The second-order valence-electron chi connectivity index (χ2n) is 11.3. The molecule has 1 aliphatic carbocycles. The molecule has 12 heteroatoms. The fraction of sp³-hybridized carbons (Fsp3) is 0.640. The molecule has 2 amide bonds. The zero-order valence-electron chi connectivity index (χ0n) is 21.8. The highest BCUT2D eigenvalue weighted by atomic mass is 28.3. The normalized spacial score (nSPS) is 20.3. The largest absolute Gasteiger partial charge is 0.465 e. The predicted octanol–water partition coefficient (Wildman–Crippen LogP) is 4.66. The molecule has 37 heavy (non-hydrogen) atoms. The van der Waals surface area contributed by atoms with E-state index in [1.54, 1.807) is 6.20 Å². The number of hydrogen-bond donors (Lipinski definition) is 2. The summed E-state index contributed by atoms with van der Waals surface area (Å²) in [6.07, 6.45) is 2.61. The Kier molecular flexibility index (Phi) is 8.37. The van der Waals surface area contributed by atoms with Crippen molar-refractivity contribution in [2.45, 2.75) is 70.6 Å². The Bertz CT molecular complexity index is 1110. The van der Waals surface area contributed by atoms with Gasteiger partial charge in [-0.05, 0) is 43.7 Å². The van der Waals surface area contributed by atoms with E-state index in [1.807, 2.05) is 16.8 Å². The van der Waals surface area contributed by atoms with Crippen LogP contribution in [0.15, 0.2) is 18.5 Å². The number of hydrogen-bond acceptors (Lipinski definition) is 5. The van der Waals surface area contributed by atoms with Gasteiger partial charge in [0, 0.05) is 45.0 Å². The molecule has 0 aromatic carbocycles. The molecule has 1 fully saturated rings. The van der Waals surface area contributed by atoms with Crippen LogP contribution in [0.3, 0.4) is 0 Å². The van der Waals surface area contributed by atoms with Gasteiger partial charge in [0.1, 0.15) is 12.4 Å². The number of carbonyl (C=O) groups excluding carboxylic acids is 1. The van der Waals surface area contributed by atoms with Crippen molar-refractivity contribution in [2.75, 3.05) is 31.3 Å². The van der Waals surface area contributed by atoms with Gasteiger partial charge in [-0.1, -0.05) is 19.6 Å². The minimum absolute atomic E-state index is 0.0387. The number of fused-ring (bicyclic) bond motifs is 3. The third kappa shape index (κ3) is 6.59. The molecule has 2 aromatic rings. The molecular formula is C25H37F2N5O4Si. The first kappa shape index (κ1) is 27.3. The molecule has 1 saturated carbocycles.